The maximum Gasteiger partial charge on any atom is 0.161 e. The molecule has 1 saturated heterocycles. The van der Waals surface area contributed by atoms with Gasteiger partial charge in [0.15, 0.2) is 11.5 Å². The third-order valence-corrected chi connectivity index (χ3v) is 4.27. The van der Waals surface area contributed by atoms with Crippen LogP contribution in [0.4, 0.5) is 0 Å². The topological polar surface area (TPSA) is 37.3 Å². The molecule has 1 heterocycles. The number of methoxy groups -OCH3 is 1. The van der Waals surface area contributed by atoms with Crippen LogP contribution in [0.15, 0.2) is 53.6 Å². The number of ether oxygens (including phenoxy) is 2. The quantitative estimate of drug-likeness (QED) is 0.759. The van der Waals surface area contributed by atoms with Gasteiger partial charge in [-0.2, -0.15) is 5.10 Å². The summed E-state index contributed by atoms with van der Waals surface area (Å²) in [6.45, 7) is 4.54. The van der Waals surface area contributed by atoms with Crippen molar-refractivity contribution in [2.75, 3.05) is 40.3 Å². The summed E-state index contributed by atoms with van der Waals surface area (Å²) < 4.78 is 11.4. The van der Waals surface area contributed by atoms with E-state index < -0.39 is 0 Å². The number of hydrazone groups is 1. The molecular weight excluding hydrogens is 314 g/mol. The Morgan fingerprint density at radius 3 is 2.48 bits per heavy atom. The minimum atomic E-state index is 0.520. The van der Waals surface area contributed by atoms with Crippen LogP contribution in [0.3, 0.4) is 0 Å². The predicted molar refractivity (Wildman–Crippen MR) is 100 cm³/mol. The van der Waals surface area contributed by atoms with Crippen molar-refractivity contribution in [1.29, 1.82) is 0 Å². The summed E-state index contributed by atoms with van der Waals surface area (Å²) in [5, 5.41) is 6.68. The van der Waals surface area contributed by atoms with Gasteiger partial charge in [-0.05, 0) is 36.4 Å². The summed E-state index contributed by atoms with van der Waals surface area (Å²) in [4.78, 5) is 2.31. The third kappa shape index (κ3) is 4.97. The monoisotopic (exact) mass is 339 g/mol. The first kappa shape index (κ1) is 17.3. The summed E-state index contributed by atoms with van der Waals surface area (Å²) in [6.07, 6.45) is 1.88. The fourth-order valence-electron chi connectivity index (χ4n) is 2.68. The Hall–Kier alpha value is -2.53. The molecule has 1 aliphatic rings. The van der Waals surface area contributed by atoms with Gasteiger partial charge in [0.05, 0.1) is 13.3 Å². The Balaban J connectivity index is 1.63. The van der Waals surface area contributed by atoms with E-state index >= 15 is 0 Å². The van der Waals surface area contributed by atoms with Gasteiger partial charge in [0, 0.05) is 26.2 Å². The molecular formula is C20H25N3O2. The van der Waals surface area contributed by atoms with Crippen LogP contribution >= 0.6 is 0 Å². The van der Waals surface area contributed by atoms with E-state index in [1.54, 1.807) is 7.11 Å². The highest BCUT2D eigenvalue weighted by Crippen LogP contribution is 2.28. The molecule has 0 aliphatic carbocycles. The lowest BCUT2D eigenvalue weighted by Gasteiger charge is -2.30. The molecule has 0 aromatic heterocycles. The highest BCUT2D eigenvalue weighted by molar-refractivity contribution is 5.80. The summed E-state index contributed by atoms with van der Waals surface area (Å²) >= 11 is 0. The summed E-state index contributed by atoms with van der Waals surface area (Å²) in [5.74, 6) is 1.46. The van der Waals surface area contributed by atoms with Crippen LogP contribution in [-0.4, -0.2) is 56.5 Å². The first-order chi connectivity index (χ1) is 12.2. The van der Waals surface area contributed by atoms with Gasteiger partial charge in [0.1, 0.15) is 6.61 Å². The Kier molecular flexibility index (Phi) is 5.90. The summed E-state index contributed by atoms with van der Waals surface area (Å²) in [7, 11) is 3.80. The smallest absolute Gasteiger partial charge is 0.161 e. The fraction of sp³-hybridized carbons (Fsp3) is 0.350. The van der Waals surface area contributed by atoms with Crippen molar-refractivity contribution in [3.63, 3.8) is 0 Å². The summed E-state index contributed by atoms with van der Waals surface area (Å²) in [6, 6.07) is 16.0. The van der Waals surface area contributed by atoms with E-state index in [1.165, 1.54) is 0 Å². The Labute approximate surface area is 149 Å². The van der Waals surface area contributed by atoms with Crippen LogP contribution in [0.1, 0.15) is 11.1 Å². The second-order valence-electron chi connectivity index (χ2n) is 6.19. The number of rotatable bonds is 6. The van der Waals surface area contributed by atoms with Crippen molar-refractivity contribution in [2.24, 2.45) is 5.10 Å². The molecule has 0 atom stereocenters. The van der Waals surface area contributed by atoms with Crippen LogP contribution in [-0.2, 0) is 6.61 Å². The van der Waals surface area contributed by atoms with Gasteiger partial charge in [-0.1, -0.05) is 30.3 Å². The molecule has 5 nitrogen and oxygen atoms in total. The van der Waals surface area contributed by atoms with Crippen LogP contribution in [0.2, 0.25) is 0 Å². The van der Waals surface area contributed by atoms with Crippen molar-refractivity contribution >= 4 is 6.21 Å². The maximum atomic E-state index is 5.89. The van der Waals surface area contributed by atoms with E-state index in [1.807, 2.05) is 54.7 Å². The second kappa shape index (κ2) is 8.53. The average molecular weight is 339 g/mol. The lowest BCUT2D eigenvalue weighted by Crippen LogP contribution is -2.41. The molecule has 5 heteroatoms. The molecule has 0 radical (unpaired) electrons. The van der Waals surface area contributed by atoms with Gasteiger partial charge in [0.25, 0.3) is 0 Å². The van der Waals surface area contributed by atoms with E-state index in [2.05, 4.69) is 22.1 Å². The van der Waals surface area contributed by atoms with Crippen LogP contribution in [0, 0.1) is 0 Å². The average Bonchev–Trinajstić information content (AvgIpc) is 2.67. The SMILES string of the molecule is COc1cc(/C=N/N2CCN(C)CC2)ccc1OCc1ccccc1. The Morgan fingerprint density at radius 1 is 1.00 bits per heavy atom. The van der Waals surface area contributed by atoms with Crippen molar-refractivity contribution in [3.05, 3.63) is 59.7 Å². The molecule has 1 aliphatic heterocycles. The van der Waals surface area contributed by atoms with Gasteiger partial charge >= 0.3 is 0 Å². The lowest BCUT2D eigenvalue weighted by molar-refractivity contribution is 0.159. The minimum absolute atomic E-state index is 0.520. The Morgan fingerprint density at radius 2 is 1.76 bits per heavy atom. The molecule has 0 spiro atoms. The normalized spacial score (nSPS) is 15.5. The van der Waals surface area contributed by atoms with Crippen LogP contribution in [0.5, 0.6) is 11.5 Å². The van der Waals surface area contributed by atoms with E-state index in [4.69, 9.17) is 9.47 Å². The second-order valence-corrected chi connectivity index (χ2v) is 6.19. The number of hydrogen-bond donors (Lipinski definition) is 0. The molecule has 3 rings (SSSR count). The van der Waals surface area contributed by atoms with E-state index in [-0.39, 0.29) is 0 Å². The molecule has 0 saturated carbocycles. The zero-order valence-electron chi connectivity index (χ0n) is 14.9. The molecule has 0 N–H and O–H groups in total. The van der Waals surface area contributed by atoms with Gasteiger partial charge in [-0.25, -0.2) is 0 Å². The van der Waals surface area contributed by atoms with Crippen LogP contribution < -0.4 is 9.47 Å². The maximum absolute atomic E-state index is 5.89. The molecule has 1 fully saturated rings. The molecule has 0 amide bonds. The van der Waals surface area contributed by atoms with E-state index in [0.29, 0.717) is 6.61 Å². The largest absolute Gasteiger partial charge is 0.493 e. The van der Waals surface area contributed by atoms with Gasteiger partial charge in [0.2, 0.25) is 0 Å². The fourth-order valence-corrected chi connectivity index (χ4v) is 2.68. The third-order valence-electron chi connectivity index (χ3n) is 4.27. The number of benzene rings is 2. The van der Waals surface area contributed by atoms with Gasteiger partial charge < -0.3 is 14.4 Å². The van der Waals surface area contributed by atoms with E-state index in [9.17, 15) is 0 Å². The number of nitrogens with zero attached hydrogens (tertiary/aromatic N) is 3. The predicted octanol–water partition coefficient (Wildman–Crippen LogP) is 2.86. The van der Waals surface area contributed by atoms with E-state index in [0.717, 1.165) is 48.8 Å². The zero-order valence-corrected chi connectivity index (χ0v) is 14.9. The molecule has 25 heavy (non-hydrogen) atoms. The molecule has 0 unspecified atom stereocenters. The van der Waals surface area contributed by atoms with Crippen molar-refractivity contribution in [2.45, 2.75) is 6.61 Å². The molecule has 132 valence electrons. The lowest BCUT2D eigenvalue weighted by atomic mass is 10.2. The molecule has 2 aromatic carbocycles. The van der Waals surface area contributed by atoms with Crippen LogP contribution in [0.25, 0.3) is 0 Å². The zero-order chi connectivity index (χ0) is 17.5. The standard InChI is InChI=1S/C20H25N3O2/c1-22-10-12-23(13-11-22)21-15-18-8-9-19(20(14-18)24-2)25-16-17-6-4-3-5-7-17/h3-9,14-15H,10-13,16H2,1-2H3/b21-15+. The van der Waals surface area contributed by atoms with Gasteiger partial charge in [-0.15, -0.1) is 0 Å². The first-order valence-corrected chi connectivity index (χ1v) is 8.57. The highest BCUT2D eigenvalue weighted by Gasteiger charge is 2.11. The number of hydrogen-bond acceptors (Lipinski definition) is 5. The van der Waals surface area contributed by atoms with Crippen molar-refractivity contribution in [3.8, 4) is 11.5 Å². The number of likely N-dealkylation sites (N-methyl/N-ethyl adjacent to an activating group) is 1. The van der Waals surface area contributed by atoms with Gasteiger partial charge in [-0.3, -0.25) is 5.01 Å². The van der Waals surface area contributed by atoms with Crippen molar-refractivity contribution in [1.82, 2.24) is 9.91 Å². The highest BCUT2D eigenvalue weighted by atomic mass is 16.5. The minimum Gasteiger partial charge on any atom is -0.493 e. The molecule has 2 aromatic rings. The molecule has 0 bridgehead atoms. The first-order valence-electron chi connectivity index (χ1n) is 8.57. The Bertz CT molecular complexity index is 695. The van der Waals surface area contributed by atoms with Crippen molar-refractivity contribution < 1.29 is 9.47 Å². The number of piperazine rings is 1. The summed E-state index contributed by atoms with van der Waals surface area (Å²) in [5.41, 5.74) is 2.13.